The minimum Gasteiger partial charge on any atom is -0.491 e. The molecule has 0 bridgehead atoms. The van der Waals surface area contributed by atoms with E-state index in [0.29, 0.717) is 19.4 Å². The number of rotatable bonds is 8. The summed E-state index contributed by atoms with van der Waals surface area (Å²) in [5.74, 6) is 1.35. The molecule has 0 aliphatic carbocycles. The molecule has 0 spiro atoms. The van der Waals surface area contributed by atoms with Crippen molar-refractivity contribution in [2.75, 3.05) is 6.61 Å². The van der Waals surface area contributed by atoms with Crippen molar-refractivity contribution in [3.05, 3.63) is 23.8 Å². The highest BCUT2D eigenvalue weighted by molar-refractivity contribution is 5.69. The van der Waals surface area contributed by atoms with E-state index < -0.39 is 0 Å². The highest BCUT2D eigenvalue weighted by Gasteiger charge is 2.09. The monoisotopic (exact) mass is 294 g/mol. The molecule has 1 aromatic carbocycles. The van der Waals surface area contributed by atoms with E-state index in [2.05, 4.69) is 0 Å². The molecule has 0 radical (unpaired) electrons. The van der Waals surface area contributed by atoms with Crippen molar-refractivity contribution in [3.8, 4) is 11.5 Å². The van der Waals surface area contributed by atoms with Crippen LogP contribution in [0.3, 0.4) is 0 Å². The van der Waals surface area contributed by atoms with E-state index in [1.54, 1.807) is 0 Å². The molecule has 0 aromatic heterocycles. The number of carbonyl (C=O) groups excluding carboxylic acids is 1. The van der Waals surface area contributed by atoms with Gasteiger partial charge < -0.3 is 14.2 Å². The maximum atomic E-state index is 11.5. The fraction of sp³-hybridized carbons (Fsp3) is 0.588. The zero-order valence-corrected chi connectivity index (χ0v) is 13.6. The fourth-order valence-electron chi connectivity index (χ4n) is 1.93. The third-order valence-corrected chi connectivity index (χ3v) is 2.61. The number of benzene rings is 1. The summed E-state index contributed by atoms with van der Waals surface area (Å²) >= 11 is 0. The van der Waals surface area contributed by atoms with Crippen LogP contribution >= 0.6 is 0 Å². The van der Waals surface area contributed by atoms with Gasteiger partial charge in [0.2, 0.25) is 0 Å². The third-order valence-electron chi connectivity index (χ3n) is 2.61. The van der Waals surface area contributed by atoms with Crippen LogP contribution in [0.4, 0.5) is 0 Å². The van der Waals surface area contributed by atoms with Crippen molar-refractivity contribution in [2.45, 2.75) is 59.7 Å². The highest BCUT2D eigenvalue weighted by Crippen LogP contribution is 2.25. The number of esters is 1. The Morgan fingerprint density at radius 1 is 1.00 bits per heavy atom. The second-order valence-corrected chi connectivity index (χ2v) is 5.45. The first-order valence-electron chi connectivity index (χ1n) is 7.53. The predicted molar refractivity (Wildman–Crippen MR) is 82.9 cm³/mol. The van der Waals surface area contributed by atoms with E-state index in [1.165, 1.54) is 0 Å². The Balaban J connectivity index is 2.82. The molecule has 0 heterocycles. The molecule has 21 heavy (non-hydrogen) atoms. The normalized spacial score (nSPS) is 10.8. The molecule has 1 rings (SSSR count). The van der Waals surface area contributed by atoms with Crippen LogP contribution in [0.5, 0.6) is 11.5 Å². The molecular formula is C17H26O4. The van der Waals surface area contributed by atoms with Crippen molar-refractivity contribution in [2.24, 2.45) is 0 Å². The predicted octanol–water partition coefficient (Wildman–Crippen LogP) is 3.76. The van der Waals surface area contributed by atoms with Crippen LogP contribution in [0.25, 0.3) is 0 Å². The lowest BCUT2D eigenvalue weighted by Gasteiger charge is -2.15. The molecule has 1 aromatic rings. The minimum atomic E-state index is -0.181. The van der Waals surface area contributed by atoms with Crippen LogP contribution in [-0.4, -0.2) is 24.8 Å². The third kappa shape index (κ3) is 7.02. The largest absolute Gasteiger partial charge is 0.491 e. The van der Waals surface area contributed by atoms with Crippen LogP contribution in [-0.2, 0) is 16.0 Å². The number of aryl methyl sites for hydroxylation is 1. The van der Waals surface area contributed by atoms with Gasteiger partial charge in [-0.1, -0.05) is 0 Å². The van der Waals surface area contributed by atoms with Crippen molar-refractivity contribution in [3.63, 3.8) is 0 Å². The van der Waals surface area contributed by atoms with Gasteiger partial charge in [0.15, 0.2) is 0 Å². The second-order valence-electron chi connectivity index (χ2n) is 5.45. The number of carbonyl (C=O) groups is 1. The zero-order valence-electron chi connectivity index (χ0n) is 13.6. The average Bonchev–Trinajstić information content (AvgIpc) is 2.35. The zero-order chi connectivity index (χ0) is 15.8. The van der Waals surface area contributed by atoms with Crippen LogP contribution in [0.1, 0.15) is 46.6 Å². The lowest BCUT2D eigenvalue weighted by atomic mass is 10.1. The topological polar surface area (TPSA) is 44.8 Å². The number of ether oxygens (including phenoxy) is 3. The SMILES string of the molecule is CCOC(=O)CCc1cc(OC(C)C)cc(OC(C)C)c1. The second kappa shape index (κ2) is 8.55. The maximum absolute atomic E-state index is 11.5. The van der Waals surface area contributed by atoms with Gasteiger partial charge in [-0.3, -0.25) is 4.79 Å². The summed E-state index contributed by atoms with van der Waals surface area (Å²) in [6.07, 6.45) is 1.16. The molecule has 0 aliphatic rings. The molecule has 0 saturated carbocycles. The summed E-state index contributed by atoms with van der Waals surface area (Å²) in [5, 5.41) is 0. The van der Waals surface area contributed by atoms with Gasteiger partial charge in [-0.25, -0.2) is 0 Å². The number of hydrogen-bond donors (Lipinski definition) is 0. The summed E-state index contributed by atoms with van der Waals surface area (Å²) < 4.78 is 16.4. The van der Waals surface area contributed by atoms with Crippen molar-refractivity contribution in [1.82, 2.24) is 0 Å². The van der Waals surface area contributed by atoms with E-state index in [4.69, 9.17) is 14.2 Å². The molecule has 0 saturated heterocycles. The van der Waals surface area contributed by atoms with Crippen molar-refractivity contribution in [1.29, 1.82) is 0 Å². The molecular weight excluding hydrogens is 268 g/mol. The van der Waals surface area contributed by atoms with Crippen LogP contribution in [0.15, 0.2) is 18.2 Å². The lowest BCUT2D eigenvalue weighted by Crippen LogP contribution is -2.09. The Hall–Kier alpha value is -1.71. The van der Waals surface area contributed by atoms with Gasteiger partial charge in [0.25, 0.3) is 0 Å². The summed E-state index contributed by atoms with van der Waals surface area (Å²) in [5.41, 5.74) is 1.01. The van der Waals surface area contributed by atoms with E-state index in [-0.39, 0.29) is 18.2 Å². The Labute approximate surface area is 127 Å². The molecule has 0 atom stereocenters. The molecule has 118 valence electrons. The highest BCUT2D eigenvalue weighted by atomic mass is 16.5. The fourth-order valence-corrected chi connectivity index (χ4v) is 1.93. The van der Waals surface area contributed by atoms with Crippen molar-refractivity contribution >= 4 is 5.97 Å². The van der Waals surface area contributed by atoms with Crippen molar-refractivity contribution < 1.29 is 19.0 Å². The first-order chi connectivity index (χ1) is 9.90. The number of hydrogen-bond acceptors (Lipinski definition) is 4. The minimum absolute atomic E-state index is 0.0946. The van der Waals surface area contributed by atoms with Crippen LogP contribution in [0, 0.1) is 0 Å². The van der Waals surface area contributed by atoms with E-state index in [0.717, 1.165) is 17.1 Å². The van der Waals surface area contributed by atoms with E-state index in [9.17, 15) is 4.79 Å². The average molecular weight is 294 g/mol. The summed E-state index contributed by atoms with van der Waals surface area (Å²) in [7, 11) is 0. The molecule has 4 heteroatoms. The summed E-state index contributed by atoms with van der Waals surface area (Å²) in [4.78, 5) is 11.5. The van der Waals surface area contributed by atoms with Gasteiger partial charge in [-0.2, -0.15) is 0 Å². The van der Waals surface area contributed by atoms with Gasteiger partial charge in [0, 0.05) is 12.5 Å². The Bertz CT molecular complexity index is 424. The molecule has 0 unspecified atom stereocenters. The Morgan fingerprint density at radius 2 is 1.52 bits per heavy atom. The quantitative estimate of drug-likeness (QED) is 0.685. The van der Waals surface area contributed by atoms with Crippen LogP contribution in [0.2, 0.25) is 0 Å². The van der Waals surface area contributed by atoms with Crippen LogP contribution < -0.4 is 9.47 Å². The summed E-state index contributed by atoms with van der Waals surface area (Å²) in [6, 6.07) is 5.78. The lowest BCUT2D eigenvalue weighted by molar-refractivity contribution is -0.143. The van der Waals surface area contributed by atoms with E-state index >= 15 is 0 Å². The van der Waals surface area contributed by atoms with Gasteiger partial charge in [0.05, 0.1) is 18.8 Å². The van der Waals surface area contributed by atoms with Gasteiger partial charge in [0.1, 0.15) is 11.5 Å². The molecule has 0 fully saturated rings. The summed E-state index contributed by atoms with van der Waals surface area (Å²) in [6.45, 7) is 10.1. The Kier molecular flexibility index (Phi) is 7.06. The van der Waals surface area contributed by atoms with Gasteiger partial charge in [-0.05, 0) is 58.7 Å². The molecule has 0 N–H and O–H groups in total. The smallest absolute Gasteiger partial charge is 0.306 e. The first kappa shape index (κ1) is 17.3. The molecule has 0 amide bonds. The first-order valence-corrected chi connectivity index (χ1v) is 7.53. The molecule has 0 aliphatic heterocycles. The van der Waals surface area contributed by atoms with Gasteiger partial charge in [-0.15, -0.1) is 0 Å². The molecule has 4 nitrogen and oxygen atoms in total. The standard InChI is InChI=1S/C17H26O4/c1-6-19-17(18)8-7-14-9-15(20-12(2)3)11-16(10-14)21-13(4)5/h9-13H,6-8H2,1-5H3. The van der Waals surface area contributed by atoms with Gasteiger partial charge >= 0.3 is 5.97 Å². The Morgan fingerprint density at radius 3 is 1.95 bits per heavy atom. The maximum Gasteiger partial charge on any atom is 0.306 e. The van der Waals surface area contributed by atoms with E-state index in [1.807, 2.05) is 52.8 Å².